The molecule has 3 aromatic carbocycles. The van der Waals surface area contributed by atoms with Crippen molar-refractivity contribution >= 4 is 35.1 Å². The van der Waals surface area contributed by atoms with Gasteiger partial charge in [-0.05, 0) is 91.6 Å². The molecule has 2 aliphatic rings. The van der Waals surface area contributed by atoms with Gasteiger partial charge in [-0.3, -0.25) is 10.1 Å². The maximum absolute atomic E-state index is 13.9. The average Bonchev–Trinajstić information content (AvgIpc) is 3.80. The van der Waals surface area contributed by atoms with Crippen molar-refractivity contribution in [1.29, 1.82) is 0 Å². The minimum atomic E-state index is -0.425. The van der Waals surface area contributed by atoms with Crippen LogP contribution in [-0.4, -0.2) is 68.9 Å². The fourth-order valence-corrected chi connectivity index (χ4v) is 5.75. The summed E-state index contributed by atoms with van der Waals surface area (Å²) in [5.41, 5.74) is 3.94. The number of thioether (sulfide) groups is 1. The Kier molecular flexibility index (Phi) is 10.9. The number of benzene rings is 3. The monoisotopic (exact) mass is 619 g/mol. The third-order valence-electron chi connectivity index (χ3n) is 7.82. The number of carbonyl (C=O) groups is 2. The highest BCUT2D eigenvalue weighted by molar-refractivity contribution is 7.98. The molecule has 44 heavy (non-hydrogen) atoms. The van der Waals surface area contributed by atoms with Gasteiger partial charge in [0.15, 0.2) is 24.0 Å². The van der Waals surface area contributed by atoms with Gasteiger partial charge in [0.05, 0.1) is 20.3 Å². The van der Waals surface area contributed by atoms with Gasteiger partial charge in [0.2, 0.25) is 5.91 Å². The fourth-order valence-electron chi connectivity index (χ4n) is 5.34. The van der Waals surface area contributed by atoms with Crippen LogP contribution in [0.1, 0.15) is 30.4 Å². The summed E-state index contributed by atoms with van der Waals surface area (Å²) in [5.74, 6) is 1.40. The molecule has 11 heteroatoms. The molecule has 1 fully saturated rings. The van der Waals surface area contributed by atoms with E-state index >= 15 is 0 Å². The Bertz CT molecular complexity index is 1410. The van der Waals surface area contributed by atoms with Gasteiger partial charge >= 0.3 is 6.03 Å². The fraction of sp³-hybridized carbons (Fsp3) is 0.394. The third kappa shape index (κ3) is 8.37. The number of hydrogen-bond donors (Lipinski definition) is 4. The number of ether oxygens (including phenoxy) is 3. The number of rotatable bonds is 14. The van der Waals surface area contributed by atoms with Crippen LogP contribution in [0.25, 0.3) is 0 Å². The molecule has 3 atom stereocenters. The molecule has 4 N–H and O–H groups in total. The molecule has 1 saturated heterocycles. The number of unbranched alkanes of at least 4 members (excludes halogenated alkanes) is 1. The van der Waals surface area contributed by atoms with E-state index in [-0.39, 0.29) is 24.4 Å². The number of nitrogens with zero attached hydrogens (tertiary/aromatic N) is 1. The Balaban J connectivity index is 1.17. The lowest BCUT2D eigenvalue weighted by atomic mass is 9.97. The topological polar surface area (TPSA) is 116 Å². The Morgan fingerprint density at radius 3 is 2.39 bits per heavy atom. The van der Waals surface area contributed by atoms with Crippen molar-refractivity contribution in [3.63, 3.8) is 0 Å². The summed E-state index contributed by atoms with van der Waals surface area (Å²) >= 11 is 1.70. The normalized spacial score (nSPS) is 17.7. The van der Waals surface area contributed by atoms with E-state index in [1.165, 1.54) is 10.5 Å². The molecule has 2 heterocycles. The SMILES string of the molecule is COc1cc2c(cc1OC)CN(C(=O)C(CCCCNC(=O)Nc1ccccc1)NC1OC1Nc1ccc(SC)cc1)CC2. The van der Waals surface area contributed by atoms with Crippen LogP contribution in [0, 0.1) is 0 Å². The van der Waals surface area contributed by atoms with E-state index < -0.39 is 6.04 Å². The quantitative estimate of drug-likeness (QED) is 0.113. The summed E-state index contributed by atoms with van der Waals surface area (Å²) in [4.78, 5) is 29.3. The maximum Gasteiger partial charge on any atom is 0.319 e. The molecular formula is C33H41N5O5S. The summed E-state index contributed by atoms with van der Waals surface area (Å²) in [6.45, 7) is 1.63. The number of hydrogen-bond acceptors (Lipinski definition) is 8. The predicted molar refractivity (Wildman–Crippen MR) is 173 cm³/mol. The minimum Gasteiger partial charge on any atom is -0.493 e. The first-order chi connectivity index (χ1) is 21.5. The number of amides is 3. The van der Waals surface area contributed by atoms with E-state index in [2.05, 4.69) is 33.4 Å². The lowest BCUT2D eigenvalue weighted by Crippen LogP contribution is -2.49. The van der Waals surface area contributed by atoms with Crippen LogP contribution in [0.4, 0.5) is 16.2 Å². The van der Waals surface area contributed by atoms with Gasteiger partial charge < -0.3 is 35.1 Å². The van der Waals surface area contributed by atoms with E-state index in [4.69, 9.17) is 14.2 Å². The second-order valence-electron chi connectivity index (χ2n) is 10.8. The number of methoxy groups -OCH3 is 2. The van der Waals surface area contributed by atoms with Crippen molar-refractivity contribution in [3.8, 4) is 11.5 Å². The maximum atomic E-state index is 13.9. The van der Waals surface area contributed by atoms with Gasteiger partial charge in [0, 0.05) is 35.9 Å². The smallest absolute Gasteiger partial charge is 0.319 e. The Morgan fingerprint density at radius 1 is 0.955 bits per heavy atom. The van der Waals surface area contributed by atoms with Crippen molar-refractivity contribution < 1.29 is 23.8 Å². The number of nitrogens with one attached hydrogen (secondary N) is 4. The Morgan fingerprint density at radius 2 is 1.68 bits per heavy atom. The highest BCUT2D eigenvalue weighted by Crippen LogP contribution is 2.34. The highest BCUT2D eigenvalue weighted by Gasteiger charge is 2.42. The third-order valence-corrected chi connectivity index (χ3v) is 8.56. The molecule has 0 bridgehead atoms. The second kappa shape index (κ2) is 15.2. The van der Waals surface area contributed by atoms with Crippen molar-refractivity contribution in [1.82, 2.24) is 15.5 Å². The molecule has 10 nitrogen and oxygen atoms in total. The highest BCUT2D eigenvalue weighted by atomic mass is 32.2. The summed E-state index contributed by atoms with van der Waals surface area (Å²) in [7, 11) is 3.25. The first-order valence-electron chi connectivity index (χ1n) is 14.9. The zero-order valence-electron chi connectivity index (χ0n) is 25.4. The van der Waals surface area contributed by atoms with Crippen LogP contribution < -0.4 is 30.7 Å². The molecular weight excluding hydrogens is 578 g/mol. The minimum absolute atomic E-state index is 0.0405. The van der Waals surface area contributed by atoms with Crippen LogP contribution >= 0.6 is 11.8 Å². The molecule has 5 rings (SSSR count). The van der Waals surface area contributed by atoms with E-state index in [9.17, 15) is 9.59 Å². The molecule has 3 amide bonds. The molecule has 3 aromatic rings. The number of urea groups is 1. The molecule has 234 valence electrons. The van der Waals surface area contributed by atoms with E-state index in [1.807, 2.05) is 65.8 Å². The summed E-state index contributed by atoms with van der Waals surface area (Å²) < 4.78 is 16.9. The average molecular weight is 620 g/mol. The molecule has 3 unspecified atom stereocenters. The van der Waals surface area contributed by atoms with Crippen LogP contribution in [0.15, 0.2) is 71.6 Å². The number of epoxide rings is 1. The molecule has 0 spiro atoms. The summed E-state index contributed by atoms with van der Waals surface area (Å²) in [6, 6.07) is 20.8. The summed E-state index contributed by atoms with van der Waals surface area (Å²) in [5, 5.41) is 12.6. The second-order valence-corrected chi connectivity index (χ2v) is 11.7. The van der Waals surface area contributed by atoms with Gasteiger partial charge in [0.25, 0.3) is 0 Å². The Labute approximate surface area is 263 Å². The first-order valence-corrected chi connectivity index (χ1v) is 16.1. The van der Waals surface area contributed by atoms with E-state index in [0.29, 0.717) is 37.6 Å². The largest absolute Gasteiger partial charge is 0.493 e. The van der Waals surface area contributed by atoms with Crippen LogP contribution in [0.3, 0.4) is 0 Å². The predicted octanol–water partition coefficient (Wildman–Crippen LogP) is 5.06. The lowest BCUT2D eigenvalue weighted by molar-refractivity contribution is -0.134. The number of para-hydroxylation sites is 1. The molecule has 2 aliphatic heterocycles. The van der Waals surface area contributed by atoms with Gasteiger partial charge in [-0.25, -0.2) is 4.79 Å². The Hall–Kier alpha value is -3.93. The zero-order valence-corrected chi connectivity index (χ0v) is 26.2. The van der Waals surface area contributed by atoms with E-state index in [1.54, 1.807) is 26.0 Å². The first kappa shape index (κ1) is 31.5. The van der Waals surface area contributed by atoms with Crippen molar-refractivity contribution in [3.05, 3.63) is 77.9 Å². The number of carbonyl (C=O) groups excluding carboxylic acids is 2. The summed E-state index contributed by atoms with van der Waals surface area (Å²) in [6.07, 6.45) is 4.41. The zero-order chi connectivity index (χ0) is 30.9. The van der Waals surface area contributed by atoms with Crippen LogP contribution in [-0.2, 0) is 22.5 Å². The van der Waals surface area contributed by atoms with Crippen molar-refractivity contribution in [2.24, 2.45) is 0 Å². The van der Waals surface area contributed by atoms with Gasteiger partial charge in [-0.1, -0.05) is 18.2 Å². The molecule has 0 aliphatic carbocycles. The van der Waals surface area contributed by atoms with Crippen LogP contribution in [0.5, 0.6) is 11.5 Å². The molecule has 0 saturated carbocycles. The van der Waals surface area contributed by atoms with Gasteiger partial charge in [-0.15, -0.1) is 11.8 Å². The molecule has 0 aromatic heterocycles. The van der Waals surface area contributed by atoms with E-state index in [0.717, 1.165) is 36.2 Å². The number of anilines is 2. The van der Waals surface area contributed by atoms with Gasteiger partial charge in [-0.2, -0.15) is 0 Å². The van der Waals surface area contributed by atoms with Crippen molar-refractivity contribution in [2.45, 2.75) is 55.6 Å². The standard InChI is InChI=1S/C33H41N5O5S/c1-41-28-19-22-16-18-38(21-23(22)20-29(28)42-2)32(39)27(11-7-8-17-34-33(40)36-24-9-5-4-6-10-24)37-31-30(43-31)35-25-12-14-26(44-3)15-13-25/h4-6,9-10,12-15,19-20,27,30-31,35,37H,7-8,11,16-18,21H2,1-3H3,(H2,34,36,40). The van der Waals surface area contributed by atoms with Crippen LogP contribution in [0.2, 0.25) is 0 Å². The van der Waals surface area contributed by atoms with Gasteiger partial charge in [0.1, 0.15) is 0 Å². The van der Waals surface area contributed by atoms with Crippen molar-refractivity contribution in [2.75, 3.05) is 44.2 Å². The molecule has 0 radical (unpaired) electrons. The number of fused-ring (bicyclic) bond motifs is 1. The lowest BCUT2D eigenvalue weighted by Gasteiger charge is -2.32.